The Morgan fingerprint density at radius 1 is 0.812 bits per heavy atom. The molecule has 0 amide bonds. The summed E-state index contributed by atoms with van der Waals surface area (Å²) in [4.78, 5) is 0. The minimum Gasteiger partial charge on any atom is -0.412 e. The molecule has 0 aliphatic heterocycles. The molecule has 16 heavy (non-hydrogen) atoms. The summed E-state index contributed by atoms with van der Waals surface area (Å²) in [6.45, 7) is 7.62. The molecule has 0 aromatic rings. The first-order valence-corrected chi connectivity index (χ1v) is 9.25. The normalized spacial score (nSPS) is 12.5. The molecule has 0 aliphatic carbocycles. The fourth-order valence-corrected chi connectivity index (χ4v) is 6.47. The van der Waals surface area contributed by atoms with Crippen molar-refractivity contribution in [2.45, 2.75) is 12.1 Å². The van der Waals surface area contributed by atoms with Crippen molar-refractivity contribution in [2.75, 3.05) is 28.4 Å². The third-order valence-corrected chi connectivity index (χ3v) is 9.23. The summed E-state index contributed by atoms with van der Waals surface area (Å²) >= 11 is 0. The summed E-state index contributed by atoms with van der Waals surface area (Å²) in [5.74, 6) is 0. The zero-order valence-corrected chi connectivity index (χ0v) is 12.6. The van der Waals surface area contributed by atoms with Crippen LogP contribution in [0, 0.1) is 0 Å². The highest BCUT2D eigenvalue weighted by atomic mass is 28.4. The first kappa shape index (κ1) is 15.8. The van der Waals surface area contributed by atoms with Crippen molar-refractivity contribution in [1.82, 2.24) is 0 Å². The Hall–Kier alpha value is -0.246. The molecule has 0 fully saturated rings. The van der Waals surface area contributed by atoms with Crippen LogP contribution in [-0.2, 0) is 17.7 Å². The topological polar surface area (TPSA) is 36.9 Å². The predicted molar refractivity (Wildman–Crippen MR) is 69.6 cm³/mol. The maximum Gasteiger partial charge on any atom is 0.499 e. The first-order valence-electron chi connectivity index (χ1n) is 5.05. The Morgan fingerprint density at radius 3 is 1.50 bits per heavy atom. The summed E-state index contributed by atoms with van der Waals surface area (Å²) < 4.78 is 21.6. The monoisotopic (exact) mass is 262 g/mol. The molecule has 0 aromatic heterocycles. The highest BCUT2D eigenvalue weighted by Gasteiger charge is 2.41. The first-order chi connectivity index (χ1) is 7.57. The summed E-state index contributed by atoms with van der Waals surface area (Å²) in [7, 11) is 1.94. The molecule has 0 N–H and O–H groups in total. The smallest absolute Gasteiger partial charge is 0.412 e. The SMILES string of the molecule is C=C[Si](C=C)(CC[Si](OC)(OC)OC)OC. The second-order valence-electron chi connectivity index (χ2n) is 3.36. The fourth-order valence-electron chi connectivity index (χ4n) is 1.46. The number of rotatable bonds is 9. The lowest BCUT2D eigenvalue weighted by Gasteiger charge is -2.28. The molecule has 0 bridgehead atoms. The van der Waals surface area contributed by atoms with E-state index in [9.17, 15) is 0 Å². The quantitative estimate of drug-likeness (QED) is 0.595. The van der Waals surface area contributed by atoms with Crippen LogP contribution in [0.25, 0.3) is 0 Å². The highest BCUT2D eigenvalue weighted by Crippen LogP contribution is 2.23. The lowest BCUT2D eigenvalue weighted by atomic mass is 10.9. The van der Waals surface area contributed by atoms with Crippen molar-refractivity contribution in [3.63, 3.8) is 0 Å². The Bertz CT molecular complexity index is 213. The van der Waals surface area contributed by atoms with E-state index in [4.69, 9.17) is 17.7 Å². The summed E-state index contributed by atoms with van der Waals surface area (Å²) in [6.07, 6.45) is 0. The van der Waals surface area contributed by atoms with Crippen molar-refractivity contribution >= 4 is 17.1 Å². The Labute approximate surface area is 100 Å². The molecule has 6 heteroatoms. The molecule has 0 spiro atoms. The van der Waals surface area contributed by atoms with Crippen LogP contribution in [0.5, 0.6) is 0 Å². The lowest BCUT2D eigenvalue weighted by Crippen LogP contribution is -2.45. The third-order valence-electron chi connectivity index (χ3n) is 2.83. The van der Waals surface area contributed by atoms with Crippen LogP contribution in [-0.4, -0.2) is 45.6 Å². The fraction of sp³-hybridized carbons (Fsp3) is 0.600. The van der Waals surface area contributed by atoms with E-state index in [1.807, 2.05) is 11.4 Å². The van der Waals surface area contributed by atoms with Crippen LogP contribution in [0.2, 0.25) is 12.1 Å². The van der Waals surface area contributed by atoms with Gasteiger partial charge in [-0.25, -0.2) is 0 Å². The van der Waals surface area contributed by atoms with E-state index in [1.165, 1.54) is 0 Å². The second-order valence-corrected chi connectivity index (χ2v) is 10.1. The minimum absolute atomic E-state index is 0.703. The van der Waals surface area contributed by atoms with Gasteiger partial charge in [-0.3, -0.25) is 0 Å². The van der Waals surface area contributed by atoms with E-state index in [2.05, 4.69) is 13.2 Å². The van der Waals surface area contributed by atoms with Crippen LogP contribution in [0.1, 0.15) is 0 Å². The summed E-state index contributed by atoms with van der Waals surface area (Å²) in [6, 6.07) is 1.51. The van der Waals surface area contributed by atoms with E-state index in [0.717, 1.165) is 6.04 Å². The average molecular weight is 262 g/mol. The molecule has 0 aliphatic rings. The summed E-state index contributed by atoms with van der Waals surface area (Å²) in [5, 5.41) is 0. The van der Waals surface area contributed by atoms with Gasteiger partial charge in [0.1, 0.15) is 0 Å². The van der Waals surface area contributed by atoms with E-state index in [-0.39, 0.29) is 0 Å². The van der Waals surface area contributed by atoms with Crippen LogP contribution in [0.15, 0.2) is 24.6 Å². The molecule has 0 atom stereocenters. The molecular formula is C10H22O4Si2. The van der Waals surface area contributed by atoms with Gasteiger partial charge >= 0.3 is 8.80 Å². The van der Waals surface area contributed by atoms with Gasteiger partial charge < -0.3 is 17.7 Å². The maximum atomic E-state index is 5.52. The van der Waals surface area contributed by atoms with Gasteiger partial charge in [0.05, 0.1) is 0 Å². The van der Waals surface area contributed by atoms with Gasteiger partial charge in [-0.15, -0.1) is 13.2 Å². The number of hydrogen-bond donors (Lipinski definition) is 0. The van der Waals surface area contributed by atoms with Crippen molar-refractivity contribution in [1.29, 1.82) is 0 Å². The minimum atomic E-state index is -2.52. The van der Waals surface area contributed by atoms with Crippen LogP contribution in [0.4, 0.5) is 0 Å². The molecule has 0 unspecified atom stereocenters. The van der Waals surface area contributed by atoms with Crippen LogP contribution < -0.4 is 0 Å². The van der Waals surface area contributed by atoms with E-state index >= 15 is 0 Å². The van der Waals surface area contributed by atoms with Gasteiger partial charge in [0.15, 0.2) is 0 Å². The van der Waals surface area contributed by atoms with Gasteiger partial charge in [0, 0.05) is 34.5 Å². The molecule has 0 saturated heterocycles. The Kier molecular flexibility index (Phi) is 7.04. The lowest BCUT2D eigenvalue weighted by molar-refractivity contribution is 0.125. The van der Waals surface area contributed by atoms with Crippen LogP contribution >= 0.6 is 0 Å². The van der Waals surface area contributed by atoms with Gasteiger partial charge in [-0.1, -0.05) is 11.4 Å². The highest BCUT2D eigenvalue weighted by molar-refractivity contribution is 6.84. The van der Waals surface area contributed by atoms with Crippen molar-refractivity contribution in [3.05, 3.63) is 24.6 Å². The molecule has 0 radical (unpaired) electrons. The van der Waals surface area contributed by atoms with Gasteiger partial charge in [-0.05, 0) is 6.04 Å². The van der Waals surface area contributed by atoms with E-state index in [1.54, 1.807) is 28.4 Å². The van der Waals surface area contributed by atoms with Crippen molar-refractivity contribution in [2.24, 2.45) is 0 Å². The largest absolute Gasteiger partial charge is 0.499 e. The van der Waals surface area contributed by atoms with Crippen molar-refractivity contribution < 1.29 is 17.7 Å². The second kappa shape index (κ2) is 7.15. The molecule has 4 nitrogen and oxygen atoms in total. The average Bonchev–Trinajstić information content (AvgIpc) is 2.37. The molecule has 0 saturated carbocycles. The van der Waals surface area contributed by atoms with E-state index in [0.29, 0.717) is 6.04 Å². The molecular weight excluding hydrogens is 240 g/mol. The predicted octanol–water partition coefficient (Wildman–Crippen LogP) is 1.91. The standard InChI is InChI=1S/C10H22O4Si2/c1-7-15(8-2,11-3)9-10-16(12-4,13-5)14-6/h7-8H,1-2,9-10H2,3-6H3. The Morgan fingerprint density at radius 2 is 1.25 bits per heavy atom. The number of hydrogen-bond acceptors (Lipinski definition) is 4. The Balaban J connectivity index is 4.60. The molecule has 0 rings (SSSR count). The zero-order valence-electron chi connectivity index (χ0n) is 10.6. The summed E-state index contributed by atoms with van der Waals surface area (Å²) in [5.41, 5.74) is 3.72. The van der Waals surface area contributed by atoms with Gasteiger partial charge in [0.25, 0.3) is 0 Å². The van der Waals surface area contributed by atoms with E-state index < -0.39 is 17.1 Å². The van der Waals surface area contributed by atoms with Gasteiger partial charge in [0.2, 0.25) is 8.32 Å². The molecule has 0 heterocycles. The molecule has 94 valence electrons. The zero-order chi connectivity index (χ0) is 12.7. The van der Waals surface area contributed by atoms with Crippen LogP contribution in [0.3, 0.4) is 0 Å². The molecule has 0 aromatic carbocycles. The third kappa shape index (κ3) is 3.65. The maximum absolute atomic E-state index is 5.52. The van der Waals surface area contributed by atoms with Crippen molar-refractivity contribution in [3.8, 4) is 0 Å². The van der Waals surface area contributed by atoms with Gasteiger partial charge in [-0.2, -0.15) is 0 Å².